The Morgan fingerprint density at radius 1 is 1.46 bits per heavy atom. The summed E-state index contributed by atoms with van der Waals surface area (Å²) < 4.78 is 24.0. The molecule has 0 saturated carbocycles. The van der Waals surface area contributed by atoms with Crippen molar-refractivity contribution in [1.82, 2.24) is 0 Å². The number of aryl methyl sites for hydroxylation is 1. The molecule has 1 nitrogen and oxygen atoms in total. The molecule has 13 heavy (non-hydrogen) atoms. The zero-order chi connectivity index (χ0) is 10.0. The molecule has 4 heteroatoms. The zero-order valence-corrected chi connectivity index (χ0v) is 7.61. The van der Waals surface area contributed by atoms with Gasteiger partial charge in [0.05, 0.1) is 5.02 Å². The molecule has 0 aromatic heterocycles. The lowest BCUT2D eigenvalue weighted by Gasteiger charge is -2.04. The Balaban J connectivity index is 3.15. The first-order valence-corrected chi connectivity index (χ1v) is 3.99. The summed E-state index contributed by atoms with van der Waals surface area (Å²) in [6, 6.07) is 4.48. The van der Waals surface area contributed by atoms with Crippen LogP contribution in [-0.4, -0.2) is 12.2 Å². The monoisotopic (exact) mass is 204 g/mol. The standard InChI is InChI=1S/C9H7ClF2O/c1-5-3-2-4-6(7(5)10)8(13)9(11)12/h2-4,9H,1H3. The van der Waals surface area contributed by atoms with Crippen LogP contribution < -0.4 is 0 Å². The Hall–Kier alpha value is -0.960. The maximum atomic E-state index is 12.0. The highest BCUT2D eigenvalue weighted by Crippen LogP contribution is 2.22. The van der Waals surface area contributed by atoms with Crippen molar-refractivity contribution in [3.8, 4) is 0 Å². The highest BCUT2D eigenvalue weighted by atomic mass is 35.5. The number of carbonyl (C=O) groups excluding carboxylic acids is 1. The number of Topliss-reactive ketones (excluding diaryl/α,β-unsaturated/α-hetero) is 1. The highest BCUT2D eigenvalue weighted by Gasteiger charge is 2.20. The van der Waals surface area contributed by atoms with Crippen LogP contribution in [-0.2, 0) is 0 Å². The van der Waals surface area contributed by atoms with Gasteiger partial charge in [0.2, 0.25) is 5.78 Å². The summed E-state index contributed by atoms with van der Waals surface area (Å²) in [6.45, 7) is 1.66. The molecule has 0 aliphatic carbocycles. The minimum Gasteiger partial charge on any atom is -0.288 e. The van der Waals surface area contributed by atoms with Gasteiger partial charge in [-0.15, -0.1) is 0 Å². The summed E-state index contributed by atoms with van der Waals surface area (Å²) in [4.78, 5) is 10.9. The smallest absolute Gasteiger partial charge is 0.288 e. The summed E-state index contributed by atoms with van der Waals surface area (Å²) in [6.07, 6.45) is -3.00. The van der Waals surface area contributed by atoms with E-state index in [1.807, 2.05) is 0 Å². The van der Waals surface area contributed by atoms with Crippen LogP contribution in [0.5, 0.6) is 0 Å². The van der Waals surface area contributed by atoms with E-state index in [0.717, 1.165) is 0 Å². The van der Waals surface area contributed by atoms with Crippen LogP contribution in [0.15, 0.2) is 18.2 Å². The van der Waals surface area contributed by atoms with Gasteiger partial charge in [-0.1, -0.05) is 23.7 Å². The number of rotatable bonds is 2. The number of carbonyl (C=O) groups is 1. The molecule has 0 aliphatic heterocycles. The normalized spacial score (nSPS) is 10.5. The van der Waals surface area contributed by atoms with Crippen molar-refractivity contribution in [2.24, 2.45) is 0 Å². The van der Waals surface area contributed by atoms with Gasteiger partial charge in [-0.05, 0) is 18.6 Å². The molecule has 0 fully saturated rings. The summed E-state index contributed by atoms with van der Waals surface area (Å²) in [5.74, 6) is -1.23. The van der Waals surface area contributed by atoms with Gasteiger partial charge >= 0.3 is 6.43 Å². The van der Waals surface area contributed by atoms with Gasteiger partial charge in [0.15, 0.2) is 0 Å². The largest absolute Gasteiger partial charge is 0.300 e. The third-order valence-electron chi connectivity index (χ3n) is 1.66. The third kappa shape index (κ3) is 2.04. The maximum absolute atomic E-state index is 12.0. The number of alkyl halides is 2. The van der Waals surface area contributed by atoms with E-state index >= 15 is 0 Å². The van der Waals surface area contributed by atoms with E-state index in [-0.39, 0.29) is 10.6 Å². The molecule has 0 spiro atoms. The topological polar surface area (TPSA) is 17.1 Å². The molecule has 0 N–H and O–H groups in total. The summed E-state index contributed by atoms with van der Waals surface area (Å²) in [7, 11) is 0. The fraction of sp³-hybridized carbons (Fsp3) is 0.222. The Kier molecular flexibility index (Phi) is 2.98. The van der Waals surface area contributed by atoms with E-state index in [2.05, 4.69) is 0 Å². The Morgan fingerprint density at radius 3 is 2.62 bits per heavy atom. The molecule has 0 unspecified atom stereocenters. The molecule has 1 rings (SSSR count). The average Bonchev–Trinajstić information content (AvgIpc) is 2.08. The van der Waals surface area contributed by atoms with Crippen molar-refractivity contribution in [2.45, 2.75) is 13.3 Å². The van der Waals surface area contributed by atoms with Crippen LogP contribution >= 0.6 is 11.6 Å². The van der Waals surface area contributed by atoms with Gasteiger partial charge in [-0.2, -0.15) is 0 Å². The molecule has 70 valence electrons. The third-order valence-corrected chi connectivity index (χ3v) is 2.16. The Morgan fingerprint density at radius 2 is 2.08 bits per heavy atom. The van der Waals surface area contributed by atoms with Crippen molar-refractivity contribution in [3.05, 3.63) is 34.3 Å². The lowest BCUT2D eigenvalue weighted by molar-refractivity contribution is 0.0679. The average molecular weight is 205 g/mol. The van der Waals surface area contributed by atoms with E-state index < -0.39 is 12.2 Å². The fourth-order valence-electron chi connectivity index (χ4n) is 0.955. The van der Waals surface area contributed by atoms with Gasteiger partial charge in [0, 0.05) is 5.56 Å². The number of ketones is 1. The van der Waals surface area contributed by atoms with Crippen molar-refractivity contribution < 1.29 is 13.6 Å². The van der Waals surface area contributed by atoms with Crippen LogP contribution in [0.25, 0.3) is 0 Å². The maximum Gasteiger partial charge on any atom is 0.300 e. The summed E-state index contributed by atoms with van der Waals surface area (Å²) >= 11 is 5.68. The van der Waals surface area contributed by atoms with E-state index in [4.69, 9.17) is 11.6 Å². The second kappa shape index (κ2) is 3.83. The predicted octanol–water partition coefficient (Wildman–Crippen LogP) is 3.10. The summed E-state index contributed by atoms with van der Waals surface area (Å²) in [5, 5.41) is 0.104. The quantitative estimate of drug-likeness (QED) is 0.677. The second-order valence-corrected chi connectivity index (χ2v) is 2.98. The SMILES string of the molecule is Cc1cccc(C(=O)C(F)F)c1Cl. The van der Waals surface area contributed by atoms with Gasteiger partial charge in [-0.25, -0.2) is 8.78 Å². The first-order chi connectivity index (χ1) is 6.04. The molecule has 1 aromatic rings. The van der Waals surface area contributed by atoms with Crippen LogP contribution in [0.2, 0.25) is 5.02 Å². The fourth-order valence-corrected chi connectivity index (χ4v) is 1.17. The van der Waals surface area contributed by atoms with Crippen molar-refractivity contribution in [1.29, 1.82) is 0 Å². The first-order valence-electron chi connectivity index (χ1n) is 3.61. The van der Waals surface area contributed by atoms with E-state index in [1.165, 1.54) is 12.1 Å². The predicted molar refractivity (Wildman–Crippen MR) is 46.5 cm³/mol. The minimum absolute atomic E-state index is 0.104. The van der Waals surface area contributed by atoms with Gasteiger partial charge in [0.25, 0.3) is 0 Å². The van der Waals surface area contributed by atoms with Crippen molar-refractivity contribution in [3.63, 3.8) is 0 Å². The Bertz CT molecular complexity index is 336. The van der Waals surface area contributed by atoms with Crippen molar-refractivity contribution >= 4 is 17.4 Å². The molecule has 0 saturated heterocycles. The number of benzene rings is 1. The molecule has 1 aromatic carbocycles. The molecule has 0 aliphatic rings. The molecule has 0 amide bonds. The highest BCUT2D eigenvalue weighted by molar-refractivity contribution is 6.34. The summed E-state index contributed by atoms with van der Waals surface area (Å²) in [5.41, 5.74) is 0.504. The molecular formula is C9H7ClF2O. The molecule has 0 atom stereocenters. The lowest BCUT2D eigenvalue weighted by Crippen LogP contribution is -2.10. The van der Waals surface area contributed by atoms with Gasteiger partial charge in [-0.3, -0.25) is 4.79 Å². The van der Waals surface area contributed by atoms with Gasteiger partial charge in [0.1, 0.15) is 0 Å². The van der Waals surface area contributed by atoms with Crippen molar-refractivity contribution in [2.75, 3.05) is 0 Å². The Labute approximate surface area is 79.3 Å². The van der Waals surface area contributed by atoms with Crippen LogP contribution in [0, 0.1) is 6.92 Å². The number of hydrogen-bond acceptors (Lipinski definition) is 1. The molecule has 0 bridgehead atoms. The number of halogens is 3. The lowest BCUT2D eigenvalue weighted by atomic mass is 10.1. The zero-order valence-electron chi connectivity index (χ0n) is 6.85. The van der Waals surface area contributed by atoms with Crippen LogP contribution in [0.1, 0.15) is 15.9 Å². The molecular weight excluding hydrogens is 198 g/mol. The van der Waals surface area contributed by atoms with E-state index in [1.54, 1.807) is 13.0 Å². The number of hydrogen-bond donors (Lipinski definition) is 0. The molecule has 0 radical (unpaired) electrons. The van der Waals surface area contributed by atoms with Crippen LogP contribution in [0.4, 0.5) is 8.78 Å². The van der Waals surface area contributed by atoms with Crippen LogP contribution in [0.3, 0.4) is 0 Å². The first kappa shape index (κ1) is 10.1. The van der Waals surface area contributed by atoms with E-state index in [0.29, 0.717) is 5.56 Å². The molecule has 0 heterocycles. The minimum atomic E-state index is -3.00. The van der Waals surface area contributed by atoms with E-state index in [9.17, 15) is 13.6 Å². The second-order valence-electron chi connectivity index (χ2n) is 2.60. The van der Waals surface area contributed by atoms with Gasteiger partial charge < -0.3 is 0 Å².